The molecule has 0 aliphatic carbocycles. The fourth-order valence-corrected chi connectivity index (χ4v) is 5.15. The molecule has 16 nitrogen and oxygen atoms in total. The van der Waals surface area contributed by atoms with Crippen molar-refractivity contribution >= 4 is 39.1 Å². The minimum Gasteiger partial charge on any atom is -0.380 e. The second kappa shape index (κ2) is 12.1. The Labute approximate surface area is 191 Å². The Morgan fingerprint density at radius 3 is 1.91 bits per heavy atom. The van der Waals surface area contributed by atoms with E-state index in [9.17, 15) is 23.5 Å². The smallest absolute Gasteiger partial charge is 0.380 e. The van der Waals surface area contributed by atoms with Gasteiger partial charge in [0.15, 0.2) is 0 Å². The van der Waals surface area contributed by atoms with E-state index < -0.39 is 73.0 Å². The maximum Gasteiger partial charge on any atom is 0.472 e. The van der Waals surface area contributed by atoms with Crippen molar-refractivity contribution in [2.24, 2.45) is 4.88 Å². The molecule has 2 N–H and O–H groups in total. The third-order valence-electron chi connectivity index (χ3n) is 4.41. The minimum atomic E-state index is -4.55. The topological polar surface area (TPSA) is 214 Å². The van der Waals surface area contributed by atoms with E-state index in [0.717, 1.165) is 14.2 Å². The lowest BCUT2D eigenvalue weighted by atomic mass is 9.96. The summed E-state index contributed by atoms with van der Waals surface area (Å²) in [6.07, 6.45) is -4.45. The van der Waals surface area contributed by atoms with Gasteiger partial charge in [-0.05, 0) is 18.4 Å². The van der Waals surface area contributed by atoms with E-state index in [2.05, 4.69) is 18.8 Å². The second-order valence-corrected chi connectivity index (χ2v) is 11.4. The van der Waals surface area contributed by atoms with Crippen LogP contribution >= 0.6 is 23.4 Å². The molecule has 21 heteroatoms. The molecule has 2 aliphatic heterocycles. The van der Waals surface area contributed by atoms with E-state index in [1.54, 1.807) is 0 Å². The van der Waals surface area contributed by atoms with Crippen molar-refractivity contribution in [2.45, 2.75) is 49.3 Å². The van der Waals surface area contributed by atoms with Crippen molar-refractivity contribution in [1.29, 1.82) is 0 Å². The molecule has 0 aromatic heterocycles. The molecular formula is C12H22B2N3O13P3. The van der Waals surface area contributed by atoms with E-state index >= 15 is 0 Å². The highest BCUT2D eigenvalue weighted by Crippen LogP contribution is 2.54. The van der Waals surface area contributed by atoms with Crippen LogP contribution in [0, 0.1) is 0 Å². The first-order valence-electron chi connectivity index (χ1n) is 9.23. The van der Waals surface area contributed by atoms with Gasteiger partial charge in [-0.25, -0.2) is 9.13 Å². The van der Waals surface area contributed by atoms with Gasteiger partial charge in [0.05, 0.1) is 25.4 Å². The van der Waals surface area contributed by atoms with E-state index in [0.29, 0.717) is 0 Å². The van der Waals surface area contributed by atoms with Gasteiger partial charge in [0, 0.05) is 36.0 Å². The van der Waals surface area contributed by atoms with Crippen LogP contribution in [0.15, 0.2) is 4.88 Å². The van der Waals surface area contributed by atoms with Gasteiger partial charge in [0.2, 0.25) is 0 Å². The molecule has 33 heavy (non-hydrogen) atoms. The lowest BCUT2D eigenvalue weighted by Crippen LogP contribution is -2.30. The maximum absolute atomic E-state index is 13.0. The zero-order chi connectivity index (χ0) is 24.9. The van der Waals surface area contributed by atoms with Gasteiger partial charge >= 0.3 is 23.4 Å². The van der Waals surface area contributed by atoms with Crippen LogP contribution in [0.5, 0.6) is 0 Å². The quantitative estimate of drug-likeness (QED) is 0.113. The van der Waals surface area contributed by atoms with Crippen LogP contribution in [-0.4, -0.2) is 89.3 Å². The molecule has 9 unspecified atom stereocenters. The van der Waals surface area contributed by atoms with Crippen LogP contribution in [0.1, 0.15) is 12.8 Å². The van der Waals surface area contributed by atoms with E-state index in [1.807, 2.05) is 0 Å². The molecule has 4 radical (unpaired) electrons. The third-order valence-corrected chi connectivity index (χ3v) is 7.66. The maximum atomic E-state index is 13.0. The SMILES string of the molecule is [B]C1CC(OP(=O)(O)OC)C(COP(=O)(N=[N+]=[N-])OC2CC([B])OC2COP(=O)(O)OC)O1. The predicted octanol–water partition coefficient (Wildman–Crippen LogP) is 1.27. The monoisotopic (exact) mass is 531 g/mol. The Bertz CT molecular complexity index is 864. The Morgan fingerprint density at radius 2 is 1.42 bits per heavy atom. The first-order valence-corrected chi connectivity index (χ1v) is 13.7. The van der Waals surface area contributed by atoms with Gasteiger partial charge in [0.1, 0.15) is 27.9 Å². The molecular weight excluding hydrogens is 509 g/mol. The summed E-state index contributed by atoms with van der Waals surface area (Å²) >= 11 is 0. The molecule has 184 valence electrons. The zero-order valence-electron chi connectivity index (χ0n) is 17.5. The Morgan fingerprint density at radius 1 is 0.939 bits per heavy atom. The molecule has 2 rings (SSSR count). The van der Waals surface area contributed by atoms with Crippen molar-refractivity contribution < 1.29 is 60.1 Å². The van der Waals surface area contributed by atoms with Gasteiger partial charge in [-0.15, -0.1) is 0 Å². The van der Waals surface area contributed by atoms with Crippen molar-refractivity contribution in [3.63, 3.8) is 0 Å². The normalized spacial score (nSPS) is 35.3. The highest BCUT2D eigenvalue weighted by atomic mass is 31.2. The number of nitrogens with zero attached hydrogens (tertiary/aromatic N) is 3. The molecule has 0 spiro atoms. The highest BCUT2D eigenvalue weighted by molar-refractivity contribution is 7.52. The fourth-order valence-electron chi connectivity index (χ4n) is 2.91. The van der Waals surface area contributed by atoms with Crippen molar-refractivity contribution in [1.82, 2.24) is 0 Å². The molecule has 2 aliphatic rings. The summed E-state index contributed by atoms with van der Waals surface area (Å²) in [6.45, 7) is -1.11. The predicted molar refractivity (Wildman–Crippen MR) is 110 cm³/mol. The summed E-state index contributed by atoms with van der Waals surface area (Å²) in [6, 6.07) is -1.80. The molecule has 0 aromatic rings. The number of hydrogen-bond donors (Lipinski definition) is 2. The fraction of sp³-hybridized carbons (Fsp3) is 1.00. The summed E-state index contributed by atoms with van der Waals surface area (Å²) in [4.78, 5) is 24.4. The van der Waals surface area contributed by atoms with Gasteiger partial charge in [-0.3, -0.25) is 27.2 Å². The average Bonchev–Trinajstić information content (AvgIpc) is 3.25. The number of phosphoric acid groups is 2. The number of rotatable bonds is 13. The van der Waals surface area contributed by atoms with Crippen LogP contribution in [0.2, 0.25) is 0 Å². The first-order chi connectivity index (χ1) is 15.3. The van der Waals surface area contributed by atoms with E-state index in [1.165, 1.54) is 0 Å². The molecule has 0 aromatic carbocycles. The minimum absolute atomic E-state index is 0.0138. The Kier molecular flexibility index (Phi) is 10.6. The summed E-state index contributed by atoms with van der Waals surface area (Å²) in [5.74, 6) is 0. The van der Waals surface area contributed by atoms with Gasteiger partial charge < -0.3 is 23.8 Å². The number of phosphoric ester groups is 2. The van der Waals surface area contributed by atoms with Crippen LogP contribution in [0.3, 0.4) is 0 Å². The van der Waals surface area contributed by atoms with Gasteiger partial charge in [0.25, 0.3) is 0 Å². The lowest BCUT2D eigenvalue weighted by Gasteiger charge is -2.25. The van der Waals surface area contributed by atoms with Gasteiger partial charge in [-0.2, -0.15) is 0 Å². The zero-order valence-corrected chi connectivity index (χ0v) is 20.2. The van der Waals surface area contributed by atoms with Crippen molar-refractivity contribution in [3.05, 3.63) is 10.4 Å². The average molecular weight is 531 g/mol. The Hall–Kier alpha value is -0.270. The molecule has 0 amide bonds. The van der Waals surface area contributed by atoms with Gasteiger partial charge in [-0.1, -0.05) is 0 Å². The van der Waals surface area contributed by atoms with Crippen LogP contribution in [0.25, 0.3) is 10.4 Å². The summed E-state index contributed by atoms with van der Waals surface area (Å²) in [7, 11) is -0.0177. The summed E-state index contributed by atoms with van der Waals surface area (Å²) in [5, 5.41) is 0. The summed E-state index contributed by atoms with van der Waals surface area (Å²) < 4.78 is 75.6. The van der Waals surface area contributed by atoms with Crippen LogP contribution in [0.4, 0.5) is 0 Å². The van der Waals surface area contributed by atoms with Crippen LogP contribution in [-0.2, 0) is 50.3 Å². The molecule has 9 atom stereocenters. The number of hydrogen-bond acceptors (Lipinski definition) is 11. The van der Waals surface area contributed by atoms with E-state index in [-0.39, 0.29) is 12.8 Å². The lowest BCUT2D eigenvalue weighted by molar-refractivity contribution is -0.0168. The molecule has 0 bridgehead atoms. The second-order valence-electron chi connectivity index (χ2n) is 6.73. The summed E-state index contributed by atoms with van der Waals surface area (Å²) in [5.41, 5.74) is 8.80. The van der Waals surface area contributed by atoms with Crippen molar-refractivity contribution in [3.8, 4) is 0 Å². The van der Waals surface area contributed by atoms with Crippen LogP contribution < -0.4 is 0 Å². The Balaban J connectivity index is 2.06. The highest BCUT2D eigenvalue weighted by Gasteiger charge is 2.43. The third kappa shape index (κ3) is 9.03. The first kappa shape index (κ1) is 29.0. The standard InChI is InChI=1S/C12H22B2N3O13P3/c1-23-32(19,20)26-6-10-7(3-11(13)28-10)29-31(18,17-16-15)25-5-9-8(4-12(14)27-9)30-33(21,22)24-2/h7-12H,3-6H2,1-2H3,(H,19,20)(H,21,22). The molecule has 2 heterocycles. The molecule has 0 saturated carbocycles. The van der Waals surface area contributed by atoms with E-state index in [4.69, 9.17) is 48.8 Å². The van der Waals surface area contributed by atoms with Crippen molar-refractivity contribution in [2.75, 3.05) is 27.4 Å². The molecule has 2 fully saturated rings. The number of ether oxygens (including phenoxy) is 2. The molecule has 2 saturated heterocycles. The number of azide groups is 1. The largest absolute Gasteiger partial charge is 0.472 e.